The third kappa shape index (κ3) is 3.34. The number of imide groups is 1. The van der Waals surface area contributed by atoms with Crippen LogP contribution in [0.4, 0.5) is 0 Å². The monoisotopic (exact) mass is 406 g/mol. The number of carbonyl (C=O) groups is 3. The molecule has 122 valence electrons. The molecule has 0 saturated heterocycles. The van der Waals surface area contributed by atoms with Gasteiger partial charge in [0.1, 0.15) is 6.54 Å². The average molecular weight is 408 g/mol. The number of nitrogens with one attached hydrogen (secondary N) is 1. The lowest BCUT2D eigenvalue weighted by atomic mass is 10.1. The predicted molar refractivity (Wildman–Crippen MR) is 92.8 cm³/mol. The summed E-state index contributed by atoms with van der Waals surface area (Å²) in [6.45, 7) is -0.0116. The van der Waals surface area contributed by atoms with Crippen LogP contribution in [0.3, 0.4) is 0 Å². The van der Waals surface area contributed by atoms with Gasteiger partial charge in [-0.1, -0.05) is 39.7 Å². The zero-order valence-corrected chi connectivity index (χ0v) is 14.7. The Balaban J connectivity index is 1.64. The normalized spacial score (nSPS) is 13.2. The van der Waals surface area contributed by atoms with Crippen molar-refractivity contribution in [3.63, 3.8) is 0 Å². The SMILES string of the molecule is O=C(CN1C(=O)c2ccc(Br)cc2C1=O)NCc1ccc(Cl)cc1. The molecule has 3 amide bonds. The molecule has 1 aliphatic heterocycles. The first-order valence-electron chi connectivity index (χ1n) is 7.12. The van der Waals surface area contributed by atoms with Gasteiger partial charge in [-0.05, 0) is 35.9 Å². The highest BCUT2D eigenvalue weighted by molar-refractivity contribution is 9.10. The fourth-order valence-electron chi connectivity index (χ4n) is 2.41. The Bertz CT molecular complexity index is 836. The number of carbonyl (C=O) groups excluding carboxylic acids is 3. The number of halogens is 2. The molecule has 5 nitrogen and oxygen atoms in total. The fraction of sp³-hybridized carbons (Fsp3) is 0.118. The van der Waals surface area contributed by atoms with Gasteiger partial charge in [0, 0.05) is 16.0 Å². The topological polar surface area (TPSA) is 66.5 Å². The molecular weight excluding hydrogens is 396 g/mol. The second kappa shape index (κ2) is 6.75. The highest BCUT2D eigenvalue weighted by atomic mass is 79.9. The number of hydrogen-bond acceptors (Lipinski definition) is 3. The Morgan fingerprint density at radius 1 is 1.04 bits per heavy atom. The van der Waals surface area contributed by atoms with Crippen LogP contribution in [0.5, 0.6) is 0 Å². The van der Waals surface area contributed by atoms with E-state index in [2.05, 4.69) is 21.2 Å². The van der Waals surface area contributed by atoms with Gasteiger partial charge >= 0.3 is 0 Å². The van der Waals surface area contributed by atoms with Gasteiger partial charge < -0.3 is 5.32 Å². The molecule has 0 bridgehead atoms. The van der Waals surface area contributed by atoms with Crippen molar-refractivity contribution < 1.29 is 14.4 Å². The molecule has 1 aliphatic rings. The quantitative estimate of drug-likeness (QED) is 0.792. The predicted octanol–water partition coefficient (Wildman–Crippen LogP) is 3.01. The third-order valence-electron chi connectivity index (χ3n) is 3.64. The minimum atomic E-state index is -0.460. The smallest absolute Gasteiger partial charge is 0.262 e. The standard InChI is InChI=1S/C17H12BrClN2O3/c18-11-3-6-13-14(7-11)17(24)21(16(13)23)9-15(22)20-8-10-1-4-12(19)5-2-10/h1-7H,8-9H2,(H,20,22). The van der Waals surface area contributed by atoms with Crippen molar-refractivity contribution in [3.05, 3.63) is 68.7 Å². The zero-order valence-electron chi connectivity index (χ0n) is 12.4. The van der Waals surface area contributed by atoms with Gasteiger partial charge in [0.25, 0.3) is 11.8 Å². The maximum absolute atomic E-state index is 12.3. The summed E-state index contributed by atoms with van der Waals surface area (Å²) in [4.78, 5) is 37.6. The highest BCUT2D eigenvalue weighted by Gasteiger charge is 2.36. The summed E-state index contributed by atoms with van der Waals surface area (Å²) in [7, 11) is 0. The Morgan fingerprint density at radius 2 is 1.71 bits per heavy atom. The molecule has 0 aromatic heterocycles. The van der Waals surface area contributed by atoms with E-state index < -0.39 is 17.7 Å². The first kappa shape index (κ1) is 16.7. The molecule has 0 saturated carbocycles. The van der Waals surface area contributed by atoms with Gasteiger partial charge in [-0.3, -0.25) is 19.3 Å². The largest absolute Gasteiger partial charge is 0.350 e. The molecular formula is C17H12BrClN2O3. The van der Waals surface area contributed by atoms with E-state index in [1.54, 1.807) is 42.5 Å². The second-order valence-electron chi connectivity index (χ2n) is 5.29. The van der Waals surface area contributed by atoms with Crippen LogP contribution in [0.15, 0.2) is 46.9 Å². The average Bonchev–Trinajstić information content (AvgIpc) is 2.79. The molecule has 2 aromatic carbocycles. The van der Waals surface area contributed by atoms with Gasteiger partial charge in [0.15, 0.2) is 0 Å². The van der Waals surface area contributed by atoms with Crippen LogP contribution in [0.1, 0.15) is 26.3 Å². The molecule has 7 heteroatoms. The number of nitrogens with zero attached hydrogens (tertiary/aromatic N) is 1. The van der Waals surface area contributed by atoms with E-state index in [4.69, 9.17) is 11.6 Å². The minimum absolute atomic E-state index is 0.296. The lowest BCUT2D eigenvalue weighted by Crippen LogP contribution is -2.40. The summed E-state index contributed by atoms with van der Waals surface area (Å²) in [5, 5.41) is 3.30. The van der Waals surface area contributed by atoms with Crippen molar-refractivity contribution in [1.82, 2.24) is 10.2 Å². The van der Waals surface area contributed by atoms with Gasteiger partial charge in [-0.2, -0.15) is 0 Å². The molecule has 0 spiro atoms. The van der Waals surface area contributed by atoms with E-state index in [1.807, 2.05) is 0 Å². The first-order valence-corrected chi connectivity index (χ1v) is 8.29. The fourth-order valence-corrected chi connectivity index (χ4v) is 2.90. The Hall–Kier alpha value is -2.18. The molecule has 3 rings (SSSR count). The zero-order chi connectivity index (χ0) is 17.3. The van der Waals surface area contributed by atoms with Crippen molar-refractivity contribution in [2.24, 2.45) is 0 Å². The Kier molecular flexibility index (Phi) is 4.69. The molecule has 0 radical (unpaired) electrons. The van der Waals surface area contributed by atoms with Crippen molar-refractivity contribution in [2.75, 3.05) is 6.54 Å². The number of hydrogen-bond donors (Lipinski definition) is 1. The summed E-state index contributed by atoms with van der Waals surface area (Å²) in [5.41, 5.74) is 1.49. The van der Waals surface area contributed by atoms with Gasteiger partial charge in [-0.15, -0.1) is 0 Å². The summed E-state index contributed by atoms with van der Waals surface area (Å²) in [6.07, 6.45) is 0. The van der Waals surface area contributed by atoms with E-state index in [0.717, 1.165) is 10.5 Å². The van der Waals surface area contributed by atoms with Crippen LogP contribution in [-0.2, 0) is 11.3 Å². The van der Waals surface area contributed by atoms with E-state index in [9.17, 15) is 14.4 Å². The molecule has 1 heterocycles. The van der Waals surface area contributed by atoms with Crippen molar-refractivity contribution in [3.8, 4) is 0 Å². The number of benzene rings is 2. The Morgan fingerprint density at radius 3 is 2.42 bits per heavy atom. The van der Waals surface area contributed by atoms with Crippen LogP contribution in [0.25, 0.3) is 0 Å². The molecule has 2 aromatic rings. The molecule has 0 aliphatic carbocycles. The van der Waals surface area contributed by atoms with E-state index >= 15 is 0 Å². The van der Waals surface area contributed by atoms with Crippen LogP contribution in [0, 0.1) is 0 Å². The highest BCUT2D eigenvalue weighted by Crippen LogP contribution is 2.25. The lowest BCUT2D eigenvalue weighted by Gasteiger charge is -2.13. The second-order valence-corrected chi connectivity index (χ2v) is 6.64. The van der Waals surface area contributed by atoms with E-state index in [0.29, 0.717) is 27.2 Å². The molecule has 1 N–H and O–H groups in total. The molecule has 0 atom stereocenters. The van der Waals surface area contributed by atoms with Gasteiger partial charge in [0.2, 0.25) is 5.91 Å². The molecule has 0 fully saturated rings. The van der Waals surface area contributed by atoms with Crippen LogP contribution in [-0.4, -0.2) is 29.2 Å². The molecule has 0 unspecified atom stereocenters. The molecule has 24 heavy (non-hydrogen) atoms. The van der Waals surface area contributed by atoms with Crippen LogP contribution >= 0.6 is 27.5 Å². The van der Waals surface area contributed by atoms with E-state index in [1.165, 1.54) is 0 Å². The maximum atomic E-state index is 12.3. The van der Waals surface area contributed by atoms with Crippen LogP contribution < -0.4 is 5.32 Å². The van der Waals surface area contributed by atoms with Crippen molar-refractivity contribution >= 4 is 45.3 Å². The minimum Gasteiger partial charge on any atom is -0.350 e. The number of amides is 3. The van der Waals surface area contributed by atoms with Gasteiger partial charge in [0.05, 0.1) is 11.1 Å². The van der Waals surface area contributed by atoms with Crippen molar-refractivity contribution in [1.29, 1.82) is 0 Å². The summed E-state index contributed by atoms with van der Waals surface area (Å²) < 4.78 is 0.705. The van der Waals surface area contributed by atoms with Crippen molar-refractivity contribution in [2.45, 2.75) is 6.54 Å². The number of rotatable bonds is 4. The summed E-state index contributed by atoms with van der Waals surface area (Å²) in [5.74, 6) is -1.32. The lowest BCUT2D eigenvalue weighted by molar-refractivity contribution is -0.121. The summed E-state index contributed by atoms with van der Waals surface area (Å²) in [6, 6.07) is 11.9. The van der Waals surface area contributed by atoms with Gasteiger partial charge in [-0.25, -0.2) is 0 Å². The first-order chi connectivity index (χ1) is 11.5. The van der Waals surface area contributed by atoms with Crippen LogP contribution in [0.2, 0.25) is 5.02 Å². The van der Waals surface area contributed by atoms with E-state index in [-0.39, 0.29) is 6.54 Å². The maximum Gasteiger partial charge on any atom is 0.262 e. The summed E-state index contributed by atoms with van der Waals surface area (Å²) >= 11 is 9.07. The Labute approximate surface area is 151 Å². The number of fused-ring (bicyclic) bond motifs is 1. The third-order valence-corrected chi connectivity index (χ3v) is 4.38.